The second kappa shape index (κ2) is 6.19. The summed E-state index contributed by atoms with van der Waals surface area (Å²) in [7, 11) is 2.17. The number of nitrogens with zero attached hydrogens (tertiary/aromatic N) is 2. The van der Waals surface area contributed by atoms with Crippen molar-refractivity contribution in [3.63, 3.8) is 0 Å². The summed E-state index contributed by atoms with van der Waals surface area (Å²) in [6.45, 7) is 6.39. The van der Waals surface area contributed by atoms with Gasteiger partial charge in [0.1, 0.15) is 5.82 Å². The Morgan fingerprint density at radius 3 is 2.83 bits per heavy atom. The zero-order chi connectivity index (χ0) is 13.0. The summed E-state index contributed by atoms with van der Waals surface area (Å²) in [4.78, 5) is 6.87. The van der Waals surface area contributed by atoms with Crippen LogP contribution < -0.4 is 10.2 Å². The first-order valence-electron chi connectivity index (χ1n) is 7.05. The van der Waals surface area contributed by atoms with Crippen molar-refractivity contribution in [1.29, 1.82) is 0 Å². The zero-order valence-electron chi connectivity index (χ0n) is 11.8. The highest BCUT2D eigenvalue weighted by atomic mass is 15.2. The van der Waals surface area contributed by atoms with Crippen molar-refractivity contribution in [1.82, 2.24) is 10.3 Å². The first kappa shape index (κ1) is 13.3. The Hall–Kier alpha value is -1.09. The first-order chi connectivity index (χ1) is 8.66. The summed E-state index contributed by atoms with van der Waals surface area (Å²) in [5.74, 6) is 2.01. The molecule has 0 spiro atoms. The highest BCUT2D eigenvalue weighted by Gasteiger charge is 2.20. The molecule has 3 nitrogen and oxygen atoms in total. The third kappa shape index (κ3) is 3.45. The third-order valence-electron chi connectivity index (χ3n) is 3.69. The van der Waals surface area contributed by atoms with E-state index in [1.54, 1.807) is 0 Å². The van der Waals surface area contributed by atoms with Gasteiger partial charge in [0.2, 0.25) is 0 Å². The molecule has 18 heavy (non-hydrogen) atoms. The minimum Gasteiger partial charge on any atom is -0.359 e. The quantitative estimate of drug-likeness (QED) is 0.838. The molecule has 0 saturated heterocycles. The van der Waals surface area contributed by atoms with Gasteiger partial charge in [-0.25, -0.2) is 4.98 Å². The van der Waals surface area contributed by atoms with E-state index >= 15 is 0 Å². The van der Waals surface area contributed by atoms with E-state index in [9.17, 15) is 0 Å². The maximum absolute atomic E-state index is 4.55. The van der Waals surface area contributed by atoms with E-state index in [1.165, 1.54) is 24.8 Å². The van der Waals surface area contributed by atoms with Crippen molar-refractivity contribution in [2.24, 2.45) is 5.92 Å². The van der Waals surface area contributed by atoms with Crippen LogP contribution in [-0.2, 0) is 6.54 Å². The molecule has 0 unspecified atom stereocenters. The molecule has 100 valence electrons. The lowest BCUT2D eigenvalue weighted by atomic mass is 9.85. The Labute approximate surface area is 111 Å². The lowest BCUT2D eigenvalue weighted by Crippen LogP contribution is -2.31. The van der Waals surface area contributed by atoms with E-state index in [0.717, 1.165) is 24.8 Å². The molecule has 1 saturated carbocycles. The van der Waals surface area contributed by atoms with Crippen molar-refractivity contribution in [3.8, 4) is 0 Å². The van der Waals surface area contributed by atoms with Gasteiger partial charge in [-0.2, -0.15) is 0 Å². The van der Waals surface area contributed by atoms with Crippen LogP contribution in [0.3, 0.4) is 0 Å². The largest absolute Gasteiger partial charge is 0.359 e. The van der Waals surface area contributed by atoms with E-state index in [1.807, 2.05) is 12.3 Å². The predicted molar refractivity (Wildman–Crippen MR) is 76.8 cm³/mol. The van der Waals surface area contributed by atoms with E-state index in [4.69, 9.17) is 0 Å². The molecule has 1 fully saturated rings. The van der Waals surface area contributed by atoms with Crippen molar-refractivity contribution < 1.29 is 0 Å². The van der Waals surface area contributed by atoms with Crippen LogP contribution in [-0.4, -0.2) is 24.6 Å². The summed E-state index contributed by atoms with van der Waals surface area (Å²) >= 11 is 0. The standard InChI is InChI=1S/C15H25N3/c1-12(2)17-10-14-8-5-9-16-15(14)18(3)11-13-6-4-7-13/h5,8-9,12-13,17H,4,6-7,10-11H2,1-3H3. The normalized spacial score (nSPS) is 15.8. The molecule has 2 rings (SSSR count). The van der Waals surface area contributed by atoms with Crippen molar-refractivity contribution in [2.45, 2.75) is 45.7 Å². The van der Waals surface area contributed by atoms with Gasteiger partial charge in [0.05, 0.1) is 0 Å². The van der Waals surface area contributed by atoms with Gasteiger partial charge < -0.3 is 10.2 Å². The Bertz CT molecular complexity index is 372. The summed E-state index contributed by atoms with van der Waals surface area (Å²) < 4.78 is 0. The lowest BCUT2D eigenvalue weighted by molar-refractivity contribution is 0.321. The number of nitrogens with one attached hydrogen (secondary N) is 1. The maximum atomic E-state index is 4.55. The Balaban J connectivity index is 2.00. The summed E-state index contributed by atoms with van der Waals surface area (Å²) in [5.41, 5.74) is 1.30. The monoisotopic (exact) mass is 247 g/mol. The predicted octanol–water partition coefficient (Wildman–Crippen LogP) is 2.82. The maximum Gasteiger partial charge on any atom is 0.132 e. The highest BCUT2D eigenvalue weighted by Crippen LogP contribution is 2.28. The van der Waals surface area contributed by atoms with Crippen LogP contribution >= 0.6 is 0 Å². The fourth-order valence-electron chi connectivity index (χ4n) is 2.38. The molecule has 0 amide bonds. The van der Waals surface area contributed by atoms with E-state index < -0.39 is 0 Å². The molecule has 1 aliphatic carbocycles. The minimum absolute atomic E-state index is 0.509. The molecule has 3 heteroatoms. The number of pyridine rings is 1. The van der Waals surface area contributed by atoms with Crippen LogP contribution in [0.4, 0.5) is 5.82 Å². The van der Waals surface area contributed by atoms with Gasteiger partial charge in [-0.3, -0.25) is 0 Å². The van der Waals surface area contributed by atoms with Crippen molar-refractivity contribution in [3.05, 3.63) is 23.9 Å². The number of hydrogen-bond donors (Lipinski definition) is 1. The number of aromatic nitrogens is 1. The lowest BCUT2D eigenvalue weighted by Gasteiger charge is -2.31. The van der Waals surface area contributed by atoms with Crippen LogP contribution in [0.5, 0.6) is 0 Å². The number of anilines is 1. The van der Waals surface area contributed by atoms with Crippen LogP contribution in [0.15, 0.2) is 18.3 Å². The van der Waals surface area contributed by atoms with Crippen LogP contribution in [0.25, 0.3) is 0 Å². The molecule has 1 heterocycles. The molecular weight excluding hydrogens is 222 g/mol. The fourth-order valence-corrected chi connectivity index (χ4v) is 2.38. The van der Waals surface area contributed by atoms with E-state index in [-0.39, 0.29) is 0 Å². The molecule has 0 radical (unpaired) electrons. The summed E-state index contributed by atoms with van der Waals surface area (Å²) in [6, 6.07) is 4.71. The van der Waals surface area contributed by atoms with Gasteiger partial charge in [-0.1, -0.05) is 26.3 Å². The molecular formula is C15H25N3. The van der Waals surface area contributed by atoms with Gasteiger partial charge in [-0.05, 0) is 24.8 Å². The average molecular weight is 247 g/mol. The van der Waals surface area contributed by atoms with Crippen molar-refractivity contribution >= 4 is 5.82 Å². The Morgan fingerprint density at radius 2 is 2.22 bits per heavy atom. The topological polar surface area (TPSA) is 28.2 Å². The van der Waals surface area contributed by atoms with Gasteiger partial charge in [0.15, 0.2) is 0 Å². The van der Waals surface area contributed by atoms with Crippen molar-refractivity contribution in [2.75, 3.05) is 18.5 Å². The minimum atomic E-state index is 0.509. The third-order valence-corrected chi connectivity index (χ3v) is 3.69. The van der Waals surface area contributed by atoms with Crippen LogP contribution in [0.2, 0.25) is 0 Å². The number of hydrogen-bond acceptors (Lipinski definition) is 3. The van der Waals surface area contributed by atoms with Gasteiger partial charge in [-0.15, -0.1) is 0 Å². The van der Waals surface area contributed by atoms with E-state index in [0.29, 0.717) is 6.04 Å². The SMILES string of the molecule is CC(C)NCc1cccnc1N(C)CC1CCC1. The van der Waals surface area contributed by atoms with Gasteiger partial charge in [0.25, 0.3) is 0 Å². The van der Waals surface area contributed by atoms with Gasteiger partial charge in [0, 0.05) is 37.9 Å². The molecule has 1 N–H and O–H groups in total. The summed E-state index contributed by atoms with van der Waals surface area (Å²) in [5, 5.41) is 3.47. The smallest absolute Gasteiger partial charge is 0.132 e. The van der Waals surface area contributed by atoms with E-state index in [2.05, 4.69) is 42.2 Å². The summed E-state index contributed by atoms with van der Waals surface area (Å²) in [6.07, 6.45) is 6.07. The fraction of sp³-hybridized carbons (Fsp3) is 0.667. The molecule has 0 atom stereocenters. The molecule has 1 aromatic heterocycles. The average Bonchev–Trinajstić information content (AvgIpc) is 2.31. The molecule has 1 aliphatic rings. The number of rotatable bonds is 6. The Kier molecular flexibility index (Phi) is 4.59. The molecule has 1 aromatic rings. The molecule has 0 bridgehead atoms. The first-order valence-corrected chi connectivity index (χ1v) is 7.05. The second-order valence-electron chi connectivity index (χ2n) is 5.70. The van der Waals surface area contributed by atoms with Gasteiger partial charge >= 0.3 is 0 Å². The van der Waals surface area contributed by atoms with Crippen LogP contribution in [0.1, 0.15) is 38.7 Å². The highest BCUT2D eigenvalue weighted by molar-refractivity contribution is 5.46. The molecule has 0 aromatic carbocycles. The van der Waals surface area contributed by atoms with Crippen LogP contribution in [0, 0.1) is 5.92 Å². The molecule has 0 aliphatic heterocycles. The zero-order valence-corrected chi connectivity index (χ0v) is 11.8. The second-order valence-corrected chi connectivity index (χ2v) is 5.70. The Morgan fingerprint density at radius 1 is 1.44 bits per heavy atom.